The number of benzene rings is 2. The zero-order valence-corrected chi connectivity index (χ0v) is 10.7. The summed E-state index contributed by atoms with van der Waals surface area (Å²) in [5.41, 5.74) is 1.73. The Labute approximate surface area is 112 Å². The average Bonchev–Trinajstić information content (AvgIpc) is 2.42. The van der Waals surface area contributed by atoms with Crippen molar-refractivity contribution in [2.24, 2.45) is 0 Å². The minimum absolute atomic E-state index is 0.0531. The van der Waals surface area contributed by atoms with E-state index in [1.807, 2.05) is 42.5 Å². The first-order valence-corrected chi connectivity index (χ1v) is 6.22. The van der Waals surface area contributed by atoms with Crippen molar-refractivity contribution >= 4 is 17.5 Å². The molecule has 0 saturated heterocycles. The van der Waals surface area contributed by atoms with Crippen molar-refractivity contribution in [1.82, 2.24) is 5.32 Å². The van der Waals surface area contributed by atoms with Crippen LogP contribution in [0.5, 0.6) is 0 Å². The van der Waals surface area contributed by atoms with Gasteiger partial charge in [0.2, 0.25) is 0 Å². The highest BCUT2D eigenvalue weighted by molar-refractivity contribution is 6.31. The Morgan fingerprint density at radius 3 is 2.39 bits per heavy atom. The average molecular weight is 260 g/mol. The number of hydrogen-bond acceptors (Lipinski definition) is 1. The lowest BCUT2D eigenvalue weighted by Gasteiger charge is -2.06. The summed E-state index contributed by atoms with van der Waals surface area (Å²) >= 11 is 6.04. The topological polar surface area (TPSA) is 29.1 Å². The lowest BCUT2D eigenvalue weighted by molar-refractivity contribution is 0.0954. The third-order valence-corrected chi connectivity index (χ3v) is 3.04. The zero-order chi connectivity index (χ0) is 12.8. The van der Waals surface area contributed by atoms with Crippen molar-refractivity contribution in [2.45, 2.75) is 6.42 Å². The summed E-state index contributed by atoms with van der Waals surface area (Å²) in [5.74, 6) is -0.0531. The third kappa shape index (κ3) is 3.34. The Morgan fingerprint density at radius 2 is 1.67 bits per heavy atom. The van der Waals surface area contributed by atoms with E-state index in [0.717, 1.165) is 17.0 Å². The van der Waals surface area contributed by atoms with Gasteiger partial charge in [-0.1, -0.05) is 48.0 Å². The van der Waals surface area contributed by atoms with Gasteiger partial charge in [-0.2, -0.15) is 0 Å². The fourth-order valence-corrected chi connectivity index (χ4v) is 1.93. The molecule has 1 N–H and O–H groups in total. The van der Waals surface area contributed by atoms with Crippen LogP contribution in [0.1, 0.15) is 15.9 Å². The highest BCUT2D eigenvalue weighted by Crippen LogP contribution is 2.14. The summed E-state index contributed by atoms with van der Waals surface area (Å²) in [6.07, 6.45) is 0.734. The van der Waals surface area contributed by atoms with Crippen molar-refractivity contribution in [2.75, 3.05) is 6.54 Å². The molecule has 3 heteroatoms. The summed E-state index contributed by atoms with van der Waals surface area (Å²) in [4.78, 5) is 11.8. The number of nitrogens with one attached hydrogen (secondary N) is 1. The second-order valence-electron chi connectivity index (χ2n) is 3.96. The standard InChI is InChI=1S/C15H14ClNO/c16-14-9-5-4-6-12(14)10-11-17-15(18)13-7-2-1-3-8-13/h1-9H,10-11H2,(H,17,18). The van der Waals surface area contributed by atoms with Gasteiger partial charge in [0, 0.05) is 17.1 Å². The predicted octanol–water partition coefficient (Wildman–Crippen LogP) is 3.31. The molecule has 2 aromatic carbocycles. The van der Waals surface area contributed by atoms with Gasteiger partial charge < -0.3 is 5.32 Å². The summed E-state index contributed by atoms with van der Waals surface area (Å²) in [6, 6.07) is 16.9. The Kier molecular flexibility index (Phi) is 4.37. The minimum Gasteiger partial charge on any atom is -0.352 e. The molecule has 0 saturated carbocycles. The molecular formula is C15H14ClNO. The van der Waals surface area contributed by atoms with Crippen LogP contribution in [0.3, 0.4) is 0 Å². The van der Waals surface area contributed by atoms with Crippen LogP contribution in [0.4, 0.5) is 0 Å². The maximum Gasteiger partial charge on any atom is 0.251 e. The maximum atomic E-state index is 11.8. The highest BCUT2D eigenvalue weighted by Gasteiger charge is 2.04. The molecule has 0 atom stereocenters. The van der Waals surface area contributed by atoms with E-state index in [9.17, 15) is 4.79 Å². The number of hydrogen-bond donors (Lipinski definition) is 1. The first kappa shape index (κ1) is 12.7. The lowest BCUT2D eigenvalue weighted by atomic mass is 10.1. The van der Waals surface area contributed by atoms with E-state index in [0.29, 0.717) is 12.1 Å². The molecule has 0 spiro atoms. The van der Waals surface area contributed by atoms with Crippen molar-refractivity contribution in [1.29, 1.82) is 0 Å². The van der Waals surface area contributed by atoms with Crippen LogP contribution in [0.15, 0.2) is 54.6 Å². The van der Waals surface area contributed by atoms with Crippen LogP contribution in [-0.4, -0.2) is 12.5 Å². The molecule has 0 aliphatic carbocycles. The van der Waals surface area contributed by atoms with Crippen molar-refractivity contribution < 1.29 is 4.79 Å². The smallest absolute Gasteiger partial charge is 0.251 e. The van der Waals surface area contributed by atoms with Gasteiger partial charge in [0.05, 0.1) is 0 Å². The molecule has 0 aliphatic rings. The lowest BCUT2D eigenvalue weighted by Crippen LogP contribution is -2.25. The van der Waals surface area contributed by atoms with E-state index < -0.39 is 0 Å². The molecule has 0 unspecified atom stereocenters. The predicted molar refractivity (Wildman–Crippen MR) is 73.9 cm³/mol. The molecule has 2 aromatic rings. The second kappa shape index (κ2) is 6.22. The minimum atomic E-state index is -0.0531. The second-order valence-corrected chi connectivity index (χ2v) is 4.37. The van der Waals surface area contributed by atoms with Gasteiger partial charge in [-0.3, -0.25) is 4.79 Å². The van der Waals surface area contributed by atoms with E-state index in [4.69, 9.17) is 11.6 Å². The summed E-state index contributed by atoms with van der Waals surface area (Å²) in [6.45, 7) is 0.581. The normalized spacial score (nSPS) is 10.1. The molecule has 0 radical (unpaired) electrons. The van der Waals surface area contributed by atoms with Gasteiger partial charge in [0.15, 0.2) is 0 Å². The molecule has 2 rings (SSSR count). The van der Waals surface area contributed by atoms with Crippen LogP contribution < -0.4 is 5.32 Å². The van der Waals surface area contributed by atoms with Gasteiger partial charge in [0.1, 0.15) is 0 Å². The number of carbonyl (C=O) groups excluding carboxylic acids is 1. The van der Waals surface area contributed by atoms with E-state index in [1.165, 1.54) is 0 Å². The number of carbonyl (C=O) groups is 1. The SMILES string of the molecule is O=C(NCCc1ccccc1Cl)c1ccccc1. The first-order valence-electron chi connectivity index (χ1n) is 5.84. The summed E-state index contributed by atoms with van der Waals surface area (Å²) in [7, 11) is 0. The van der Waals surface area contributed by atoms with Gasteiger partial charge in [0.25, 0.3) is 5.91 Å². The van der Waals surface area contributed by atoms with Gasteiger partial charge >= 0.3 is 0 Å². The molecule has 0 aliphatic heterocycles. The van der Waals surface area contributed by atoms with Gasteiger partial charge in [-0.15, -0.1) is 0 Å². The van der Waals surface area contributed by atoms with E-state index in [1.54, 1.807) is 12.1 Å². The van der Waals surface area contributed by atoms with Gasteiger partial charge in [-0.25, -0.2) is 0 Å². The monoisotopic (exact) mass is 259 g/mol. The molecule has 18 heavy (non-hydrogen) atoms. The quantitative estimate of drug-likeness (QED) is 0.897. The zero-order valence-electron chi connectivity index (χ0n) is 9.90. The third-order valence-electron chi connectivity index (χ3n) is 2.67. The summed E-state index contributed by atoms with van der Waals surface area (Å²) < 4.78 is 0. The van der Waals surface area contributed by atoms with Crippen LogP contribution in [0, 0.1) is 0 Å². The van der Waals surface area contributed by atoms with Crippen LogP contribution in [0.2, 0.25) is 5.02 Å². The van der Waals surface area contributed by atoms with Crippen molar-refractivity contribution in [3.05, 3.63) is 70.7 Å². The van der Waals surface area contributed by atoms with E-state index in [-0.39, 0.29) is 5.91 Å². The van der Waals surface area contributed by atoms with E-state index in [2.05, 4.69) is 5.32 Å². The van der Waals surface area contributed by atoms with Crippen LogP contribution in [-0.2, 0) is 6.42 Å². The van der Waals surface area contributed by atoms with E-state index >= 15 is 0 Å². The molecule has 2 nitrogen and oxygen atoms in total. The van der Waals surface area contributed by atoms with Crippen molar-refractivity contribution in [3.63, 3.8) is 0 Å². The summed E-state index contributed by atoms with van der Waals surface area (Å²) in [5, 5.41) is 3.62. The van der Waals surface area contributed by atoms with Crippen molar-refractivity contribution in [3.8, 4) is 0 Å². The fourth-order valence-electron chi connectivity index (χ4n) is 1.70. The largest absolute Gasteiger partial charge is 0.352 e. The Hall–Kier alpha value is -1.80. The molecule has 0 fully saturated rings. The Balaban J connectivity index is 1.86. The maximum absolute atomic E-state index is 11.8. The first-order chi connectivity index (χ1) is 8.77. The molecular weight excluding hydrogens is 246 g/mol. The highest BCUT2D eigenvalue weighted by atomic mass is 35.5. The molecule has 0 heterocycles. The van der Waals surface area contributed by atoms with Crippen LogP contribution in [0.25, 0.3) is 0 Å². The Bertz CT molecular complexity index is 525. The molecule has 92 valence electrons. The number of rotatable bonds is 4. The molecule has 0 aromatic heterocycles. The number of amides is 1. The van der Waals surface area contributed by atoms with Crippen LogP contribution >= 0.6 is 11.6 Å². The number of halogens is 1. The fraction of sp³-hybridized carbons (Fsp3) is 0.133. The Morgan fingerprint density at radius 1 is 1.00 bits per heavy atom. The molecule has 1 amide bonds. The molecule has 0 bridgehead atoms. The van der Waals surface area contributed by atoms with Gasteiger partial charge in [-0.05, 0) is 30.2 Å².